The highest BCUT2D eigenvalue weighted by atomic mass is 19.1. The summed E-state index contributed by atoms with van der Waals surface area (Å²) in [5.74, 6) is -1.92. The largest absolute Gasteiger partial charge is 0.458 e. The molecule has 0 radical (unpaired) electrons. The number of hydrogen-bond acceptors (Lipinski definition) is 5. The van der Waals surface area contributed by atoms with Crippen LogP contribution < -0.4 is 4.90 Å². The van der Waals surface area contributed by atoms with Gasteiger partial charge in [-0.1, -0.05) is 30.3 Å². The van der Waals surface area contributed by atoms with Gasteiger partial charge in [0.05, 0.1) is 17.9 Å². The van der Waals surface area contributed by atoms with Crippen molar-refractivity contribution in [2.45, 2.75) is 25.1 Å². The van der Waals surface area contributed by atoms with Crippen molar-refractivity contribution in [1.29, 1.82) is 0 Å². The van der Waals surface area contributed by atoms with E-state index < -0.39 is 17.4 Å². The van der Waals surface area contributed by atoms with Crippen LogP contribution in [0.4, 0.5) is 10.1 Å². The van der Waals surface area contributed by atoms with Crippen LogP contribution in [0.1, 0.15) is 28.8 Å². The molecule has 2 aromatic rings. The Morgan fingerprint density at radius 2 is 1.87 bits per heavy atom. The number of ether oxygens (including phenoxy) is 2. The Labute approximate surface area is 173 Å². The molecule has 2 aliphatic rings. The minimum absolute atomic E-state index is 0.0832. The fraction of sp³-hybridized carbons (Fsp3) is 0.318. The third-order valence-corrected chi connectivity index (χ3v) is 5.54. The number of nitrogens with zero attached hydrogens (tertiary/aromatic N) is 2. The maximum atomic E-state index is 14.0. The van der Waals surface area contributed by atoms with Crippen molar-refractivity contribution in [3.63, 3.8) is 0 Å². The van der Waals surface area contributed by atoms with Gasteiger partial charge < -0.3 is 14.4 Å². The van der Waals surface area contributed by atoms with Gasteiger partial charge in [0.1, 0.15) is 12.4 Å². The normalized spacial score (nSPS) is 20.2. The first-order valence-electron chi connectivity index (χ1n) is 9.64. The molecule has 0 aliphatic carbocycles. The van der Waals surface area contributed by atoms with Gasteiger partial charge in [0.2, 0.25) is 11.6 Å². The number of halogens is 1. The van der Waals surface area contributed by atoms with Crippen LogP contribution in [0.2, 0.25) is 0 Å². The predicted molar refractivity (Wildman–Crippen MR) is 105 cm³/mol. The Morgan fingerprint density at radius 1 is 1.13 bits per heavy atom. The molecular weight excluding hydrogens is 391 g/mol. The third-order valence-electron chi connectivity index (χ3n) is 5.54. The molecule has 156 valence electrons. The fourth-order valence-corrected chi connectivity index (χ4v) is 4.11. The number of rotatable bonds is 6. The molecule has 0 saturated carbocycles. The van der Waals surface area contributed by atoms with Crippen molar-refractivity contribution < 1.29 is 28.2 Å². The number of para-hydroxylation sites is 1. The lowest BCUT2D eigenvalue weighted by atomic mass is 9.96. The maximum absolute atomic E-state index is 14.0. The number of hydrogen-bond donors (Lipinski definition) is 0. The Hall–Kier alpha value is -3.26. The second-order valence-electron chi connectivity index (χ2n) is 7.18. The van der Waals surface area contributed by atoms with Crippen LogP contribution in [-0.2, 0) is 25.7 Å². The summed E-state index contributed by atoms with van der Waals surface area (Å²) >= 11 is 0. The van der Waals surface area contributed by atoms with Gasteiger partial charge in [0.15, 0.2) is 0 Å². The van der Waals surface area contributed by atoms with E-state index in [0.717, 1.165) is 0 Å². The smallest absolute Gasteiger partial charge is 0.354 e. The Balaban J connectivity index is 1.74. The van der Waals surface area contributed by atoms with Crippen molar-refractivity contribution >= 4 is 23.5 Å². The summed E-state index contributed by atoms with van der Waals surface area (Å²) in [6, 6.07) is 12.6. The highest BCUT2D eigenvalue weighted by Gasteiger charge is 2.61. The minimum atomic E-state index is -1.62. The van der Waals surface area contributed by atoms with Crippen molar-refractivity contribution in [3.8, 4) is 0 Å². The van der Waals surface area contributed by atoms with Gasteiger partial charge in [-0.2, -0.15) is 0 Å². The van der Waals surface area contributed by atoms with Crippen molar-refractivity contribution in [3.05, 3.63) is 65.5 Å². The van der Waals surface area contributed by atoms with Gasteiger partial charge >= 0.3 is 5.97 Å². The van der Waals surface area contributed by atoms with Crippen LogP contribution in [-0.4, -0.2) is 48.6 Å². The van der Waals surface area contributed by atoms with E-state index in [4.69, 9.17) is 9.47 Å². The van der Waals surface area contributed by atoms with Gasteiger partial charge in [-0.05, 0) is 18.2 Å². The number of carbonyl (C=O) groups is 3. The van der Waals surface area contributed by atoms with E-state index in [-0.39, 0.29) is 50.0 Å². The lowest BCUT2D eigenvalue weighted by Crippen LogP contribution is -2.68. The van der Waals surface area contributed by atoms with Gasteiger partial charge in [-0.25, -0.2) is 9.18 Å². The average Bonchev–Trinajstić information content (AvgIpc) is 3.11. The lowest BCUT2D eigenvalue weighted by molar-refractivity contribution is -0.159. The molecule has 2 aromatic carbocycles. The predicted octanol–water partition coefficient (Wildman–Crippen LogP) is 2.49. The molecule has 0 bridgehead atoms. The van der Waals surface area contributed by atoms with Crippen molar-refractivity contribution in [1.82, 2.24) is 4.90 Å². The summed E-state index contributed by atoms with van der Waals surface area (Å²) in [7, 11) is 1.49. The van der Waals surface area contributed by atoms with Crippen LogP contribution in [0.3, 0.4) is 0 Å². The third kappa shape index (κ3) is 3.04. The van der Waals surface area contributed by atoms with E-state index in [1.165, 1.54) is 29.0 Å². The maximum Gasteiger partial charge on any atom is 0.354 e. The fourth-order valence-electron chi connectivity index (χ4n) is 4.11. The summed E-state index contributed by atoms with van der Waals surface area (Å²) in [5.41, 5.74) is -0.696. The zero-order valence-corrected chi connectivity index (χ0v) is 16.5. The van der Waals surface area contributed by atoms with E-state index >= 15 is 0 Å². The summed E-state index contributed by atoms with van der Waals surface area (Å²) in [4.78, 5) is 42.2. The zero-order valence-electron chi connectivity index (χ0n) is 16.5. The van der Waals surface area contributed by atoms with Gasteiger partial charge in [0.25, 0.3) is 5.91 Å². The Kier molecular flexibility index (Phi) is 5.26. The molecule has 0 N–H and O–H groups in total. The van der Waals surface area contributed by atoms with E-state index in [2.05, 4.69) is 0 Å². The minimum Gasteiger partial charge on any atom is -0.458 e. The van der Waals surface area contributed by atoms with Crippen LogP contribution in [0.5, 0.6) is 0 Å². The molecule has 1 saturated heterocycles. The first-order valence-corrected chi connectivity index (χ1v) is 9.64. The number of carbonyl (C=O) groups excluding carboxylic acids is 3. The highest BCUT2D eigenvalue weighted by Crippen LogP contribution is 2.45. The molecule has 2 heterocycles. The topological polar surface area (TPSA) is 76.2 Å². The average molecular weight is 412 g/mol. The van der Waals surface area contributed by atoms with E-state index in [9.17, 15) is 18.8 Å². The summed E-state index contributed by atoms with van der Waals surface area (Å²) < 4.78 is 24.6. The van der Waals surface area contributed by atoms with Gasteiger partial charge in [-0.3, -0.25) is 14.5 Å². The summed E-state index contributed by atoms with van der Waals surface area (Å²) in [6.45, 7) is -0.0240. The molecule has 4 rings (SSSR count). The monoisotopic (exact) mass is 412 g/mol. The molecule has 8 heteroatoms. The van der Waals surface area contributed by atoms with E-state index in [1.807, 2.05) is 0 Å². The quantitative estimate of drug-likeness (QED) is 0.682. The van der Waals surface area contributed by atoms with Gasteiger partial charge in [-0.15, -0.1) is 0 Å². The zero-order chi connectivity index (χ0) is 21.3. The first kappa shape index (κ1) is 20.0. The van der Waals surface area contributed by atoms with Gasteiger partial charge in [0, 0.05) is 32.1 Å². The molecule has 2 aliphatic heterocycles. The number of fused-ring (bicyclic) bond motifs is 3. The Bertz CT molecular complexity index is 1010. The number of benzene rings is 2. The standard InChI is InChI=1S/C22H21FN2O5/c1-29-13-12-24-20(27)16-7-3-5-9-18(16)25-19(26)10-11-22(24,25)21(28)30-14-15-6-2-4-8-17(15)23/h2-9H,10-14H2,1H3/t22-/m0/s1. The molecular formula is C22H21FN2O5. The second-order valence-corrected chi connectivity index (χ2v) is 7.18. The van der Waals surface area contributed by atoms with Crippen LogP contribution in [0.15, 0.2) is 48.5 Å². The molecule has 2 amide bonds. The van der Waals surface area contributed by atoms with Crippen molar-refractivity contribution in [2.24, 2.45) is 0 Å². The molecule has 30 heavy (non-hydrogen) atoms. The van der Waals surface area contributed by atoms with Crippen molar-refractivity contribution in [2.75, 3.05) is 25.2 Å². The number of anilines is 1. The van der Waals surface area contributed by atoms with Crippen LogP contribution in [0.25, 0.3) is 0 Å². The second kappa shape index (κ2) is 7.87. The molecule has 1 fully saturated rings. The molecule has 7 nitrogen and oxygen atoms in total. The highest BCUT2D eigenvalue weighted by molar-refractivity contribution is 6.15. The Morgan fingerprint density at radius 3 is 2.63 bits per heavy atom. The molecule has 0 aromatic heterocycles. The van der Waals surface area contributed by atoms with E-state index in [0.29, 0.717) is 11.3 Å². The van der Waals surface area contributed by atoms with Crippen LogP contribution >= 0.6 is 0 Å². The van der Waals surface area contributed by atoms with E-state index in [1.54, 1.807) is 36.4 Å². The number of esters is 1. The molecule has 0 unspecified atom stereocenters. The molecule has 0 spiro atoms. The molecule has 1 atom stereocenters. The summed E-state index contributed by atoms with van der Waals surface area (Å²) in [5, 5.41) is 0. The SMILES string of the molecule is COCCN1C(=O)c2ccccc2N2C(=O)CC[C@]12C(=O)OCc1ccccc1F. The summed E-state index contributed by atoms with van der Waals surface area (Å²) in [6.07, 6.45) is 0.172. The number of methoxy groups -OCH3 is 1. The first-order chi connectivity index (χ1) is 14.5. The lowest BCUT2D eigenvalue weighted by Gasteiger charge is -2.48. The van der Waals surface area contributed by atoms with Crippen LogP contribution in [0, 0.1) is 5.82 Å². The number of amides is 2.